The lowest BCUT2D eigenvalue weighted by Gasteiger charge is -2.56. The number of benzene rings is 1. The zero-order chi connectivity index (χ0) is 11.1. The van der Waals surface area contributed by atoms with Crippen LogP contribution in [0.25, 0.3) is 0 Å². The van der Waals surface area contributed by atoms with E-state index in [1.54, 1.807) is 0 Å². The molecule has 4 rings (SSSR count). The Kier molecular flexibility index (Phi) is 2.66. The first-order valence-corrected chi connectivity index (χ1v) is 6.29. The molecule has 2 nitrogen and oxygen atoms in total. The van der Waals surface area contributed by atoms with Gasteiger partial charge in [-0.15, -0.1) is 0 Å². The summed E-state index contributed by atoms with van der Waals surface area (Å²) in [5, 5.41) is 0.826. The van der Waals surface area contributed by atoms with Crippen LogP contribution in [-0.4, -0.2) is 42.0 Å². The van der Waals surface area contributed by atoms with E-state index in [1.807, 2.05) is 12.1 Å². The van der Waals surface area contributed by atoms with Gasteiger partial charge < -0.3 is 4.90 Å². The summed E-state index contributed by atoms with van der Waals surface area (Å²) < 4.78 is 0. The molecule has 3 fully saturated rings. The van der Waals surface area contributed by atoms with Gasteiger partial charge in [0, 0.05) is 36.7 Å². The molecule has 2 bridgehead atoms. The van der Waals surface area contributed by atoms with Crippen LogP contribution in [0.5, 0.6) is 0 Å². The van der Waals surface area contributed by atoms with Crippen molar-refractivity contribution in [2.75, 3.05) is 20.1 Å². The second-order valence-corrected chi connectivity index (χ2v) is 5.50. The zero-order valence-corrected chi connectivity index (χ0v) is 10.3. The number of rotatable bonds is 2. The van der Waals surface area contributed by atoms with Crippen molar-refractivity contribution in [3.8, 4) is 0 Å². The summed E-state index contributed by atoms with van der Waals surface area (Å²) in [5.74, 6) is 0. The summed E-state index contributed by atoms with van der Waals surface area (Å²) in [5.41, 5.74) is 1.38. The number of hydrogen-bond donors (Lipinski definition) is 0. The second kappa shape index (κ2) is 4.02. The highest BCUT2D eigenvalue weighted by atomic mass is 35.5. The second-order valence-electron chi connectivity index (χ2n) is 5.06. The number of fused-ring (bicyclic) bond motifs is 2. The Balaban J connectivity index is 1.66. The average molecular weight is 237 g/mol. The van der Waals surface area contributed by atoms with Crippen molar-refractivity contribution < 1.29 is 0 Å². The third-order valence-corrected chi connectivity index (χ3v) is 4.06. The van der Waals surface area contributed by atoms with Gasteiger partial charge >= 0.3 is 0 Å². The van der Waals surface area contributed by atoms with Crippen LogP contribution >= 0.6 is 11.6 Å². The predicted octanol–water partition coefficient (Wildman–Crippen LogP) is 2.23. The number of halogens is 1. The number of likely N-dealkylation sites (N-methyl/N-ethyl adjacent to an activating group) is 1. The van der Waals surface area contributed by atoms with Gasteiger partial charge in [-0.25, -0.2) is 0 Å². The van der Waals surface area contributed by atoms with Gasteiger partial charge in [0.15, 0.2) is 0 Å². The maximum Gasteiger partial charge on any atom is 0.0406 e. The van der Waals surface area contributed by atoms with Crippen molar-refractivity contribution >= 4 is 11.6 Å². The molecule has 3 heterocycles. The van der Waals surface area contributed by atoms with Crippen LogP contribution in [0, 0.1) is 0 Å². The fraction of sp³-hybridized carbons (Fsp3) is 0.538. The first-order valence-electron chi connectivity index (χ1n) is 5.91. The average Bonchev–Trinajstić information content (AvgIpc) is 2.28. The van der Waals surface area contributed by atoms with Crippen molar-refractivity contribution in [3.63, 3.8) is 0 Å². The van der Waals surface area contributed by atoms with Crippen molar-refractivity contribution in [2.24, 2.45) is 0 Å². The number of hydrogen-bond acceptors (Lipinski definition) is 2. The molecule has 0 radical (unpaired) electrons. The van der Waals surface area contributed by atoms with E-state index in [9.17, 15) is 0 Å². The van der Waals surface area contributed by atoms with Crippen LogP contribution in [0.2, 0.25) is 5.02 Å². The summed E-state index contributed by atoms with van der Waals surface area (Å²) in [7, 11) is 2.22. The molecule has 0 amide bonds. The molecule has 0 aromatic heterocycles. The van der Waals surface area contributed by atoms with E-state index in [1.165, 1.54) is 25.1 Å². The highest BCUT2D eigenvalue weighted by molar-refractivity contribution is 6.30. The Morgan fingerprint density at radius 2 is 1.81 bits per heavy atom. The third-order valence-electron chi connectivity index (χ3n) is 3.81. The fourth-order valence-electron chi connectivity index (χ4n) is 2.96. The minimum absolute atomic E-state index is 0.777. The lowest BCUT2D eigenvalue weighted by Crippen LogP contribution is -2.67. The Hall–Kier alpha value is -0.570. The largest absolute Gasteiger partial charge is 0.303 e. The Morgan fingerprint density at radius 3 is 2.44 bits per heavy atom. The van der Waals surface area contributed by atoms with Gasteiger partial charge in [-0.05, 0) is 31.2 Å². The molecule has 86 valence electrons. The molecule has 3 saturated heterocycles. The van der Waals surface area contributed by atoms with E-state index in [0.717, 1.165) is 23.7 Å². The third kappa shape index (κ3) is 1.86. The summed E-state index contributed by atoms with van der Waals surface area (Å²) in [4.78, 5) is 5.07. The molecule has 0 aliphatic carbocycles. The van der Waals surface area contributed by atoms with Crippen LogP contribution in [-0.2, 0) is 6.54 Å². The van der Waals surface area contributed by atoms with Gasteiger partial charge in [-0.1, -0.05) is 23.7 Å². The highest BCUT2D eigenvalue weighted by Gasteiger charge is 2.42. The van der Waals surface area contributed by atoms with Gasteiger partial charge in [0.05, 0.1) is 0 Å². The van der Waals surface area contributed by atoms with E-state index in [2.05, 4.69) is 29.0 Å². The first kappa shape index (κ1) is 10.6. The minimum atomic E-state index is 0.777. The monoisotopic (exact) mass is 236 g/mol. The van der Waals surface area contributed by atoms with Crippen LogP contribution < -0.4 is 0 Å². The highest BCUT2D eigenvalue weighted by Crippen LogP contribution is 2.33. The SMILES string of the molecule is CN1CC2CC(C1)N2Cc1ccc(Cl)cc1. The molecule has 3 aliphatic heterocycles. The van der Waals surface area contributed by atoms with Crippen molar-refractivity contribution in [2.45, 2.75) is 25.0 Å². The van der Waals surface area contributed by atoms with E-state index in [-0.39, 0.29) is 0 Å². The lowest BCUT2D eigenvalue weighted by atomic mass is 9.87. The summed E-state index contributed by atoms with van der Waals surface area (Å²) in [6.07, 6.45) is 1.39. The van der Waals surface area contributed by atoms with Crippen LogP contribution in [0.3, 0.4) is 0 Å². The molecule has 1 aromatic rings. The molecule has 2 unspecified atom stereocenters. The van der Waals surface area contributed by atoms with E-state index in [0.29, 0.717) is 0 Å². The van der Waals surface area contributed by atoms with Gasteiger partial charge in [-0.2, -0.15) is 0 Å². The zero-order valence-electron chi connectivity index (χ0n) is 9.56. The Bertz CT molecular complexity index is 364. The Labute approximate surface area is 102 Å². The quantitative estimate of drug-likeness (QED) is 0.777. The van der Waals surface area contributed by atoms with Gasteiger partial charge in [0.25, 0.3) is 0 Å². The molecule has 0 saturated carbocycles. The number of piperazine rings is 1. The molecule has 0 spiro atoms. The number of nitrogens with zero attached hydrogens (tertiary/aromatic N) is 2. The molecule has 16 heavy (non-hydrogen) atoms. The van der Waals surface area contributed by atoms with E-state index >= 15 is 0 Å². The minimum Gasteiger partial charge on any atom is -0.303 e. The number of piperidine rings is 1. The van der Waals surface area contributed by atoms with Crippen LogP contribution in [0.1, 0.15) is 12.0 Å². The topological polar surface area (TPSA) is 6.48 Å². The van der Waals surface area contributed by atoms with E-state index < -0.39 is 0 Å². The molecule has 1 aromatic carbocycles. The molecule has 3 heteroatoms. The van der Waals surface area contributed by atoms with Gasteiger partial charge in [0.2, 0.25) is 0 Å². The van der Waals surface area contributed by atoms with Crippen molar-refractivity contribution in [3.05, 3.63) is 34.9 Å². The predicted molar refractivity (Wildman–Crippen MR) is 66.7 cm³/mol. The smallest absolute Gasteiger partial charge is 0.0406 e. The first-order chi connectivity index (χ1) is 7.72. The molecular formula is C13H17ClN2. The maximum atomic E-state index is 5.89. The van der Waals surface area contributed by atoms with Crippen LogP contribution in [0.15, 0.2) is 24.3 Å². The standard InChI is InChI=1S/C13H17ClN2/c1-15-8-12-6-13(9-15)16(12)7-10-2-4-11(14)5-3-10/h2-5,12-13H,6-9H2,1H3. The normalized spacial score (nSPS) is 30.1. The lowest BCUT2D eigenvalue weighted by molar-refractivity contribution is -0.0668. The van der Waals surface area contributed by atoms with Crippen molar-refractivity contribution in [1.29, 1.82) is 0 Å². The van der Waals surface area contributed by atoms with Gasteiger partial charge in [-0.3, -0.25) is 4.90 Å². The molecule has 0 N–H and O–H groups in total. The van der Waals surface area contributed by atoms with Crippen molar-refractivity contribution in [1.82, 2.24) is 9.80 Å². The summed E-state index contributed by atoms with van der Waals surface area (Å²) >= 11 is 5.89. The van der Waals surface area contributed by atoms with Crippen LogP contribution in [0.4, 0.5) is 0 Å². The summed E-state index contributed by atoms with van der Waals surface area (Å²) in [6.45, 7) is 3.54. The Morgan fingerprint density at radius 1 is 1.19 bits per heavy atom. The maximum absolute atomic E-state index is 5.89. The fourth-order valence-corrected chi connectivity index (χ4v) is 3.08. The van der Waals surface area contributed by atoms with E-state index in [4.69, 9.17) is 11.6 Å². The summed E-state index contributed by atoms with van der Waals surface area (Å²) in [6, 6.07) is 9.80. The molecular weight excluding hydrogens is 220 g/mol. The molecule has 3 aliphatic rings. The molecule has 2 atom stereocenters. The van der Waals surface area contributed by atoms with Gasteiger partial charge in [0.1, 0.15) is 0 Å².